The first-order valence-electron chi connectivity index (χ1n) is 13.1. The van der Waals surface area contributed by atoms with Crippen molar-refractivity contribution in [3.63, 3.8) is 0 Å². The first-order chi connectivity index (χ1) is 20.2. The molecular weight excluding hydrogens is 571 g/mol. The van der Waals surface area contributed by atoms with E-state index in [1.165, 1.54) is 36.4 Å². The highest BCUT2D eigenvalue weighted by molar-refractivity contribution is 6.30. The number of aromatic carboxylic acids is 1. The second-order valence-corrected chi connectivity index (χ2v) is 10.4. The summed E-state index contributed by atoms with van der Waals surface area (Å²) in [4.78, 5) is 20.4. The summed E-state index contributed by atoms with van der Waals surface area (Å²) in [6, 6.07) is 15.6. The molecule has 1 aliphatic rings. The normalized spacial score (nSPS) is 14.6. The van der Waals surface area contributed by atoms with E-state index in [1.807, 2.05) is 4.57 Å². The van der Waals surface area contributed by atoms with Crippen molar-refractivity contribution in [3.8, 4) is 17.1 Å². The van der Waals surface area contributed by atoms with Gasteiger partial charge >= 0.3 is 5.97 Å². The maximum Gasteiger partial charge on any atom is 0.335 e. The van der Waals surface area contributed by atoms with Crippen LogP contribution in [-0.4, -0.2) is 38.3 Å². The molecule has 0 spiro atoms. The number of carboxylic acid groups (broad SMARTS) is 1. The Morgan fingerprint density at radius 1 is 0.976 bits per heavy atom. The number of pyridine rings is 1. The highest BCUT2D eigenvalue weighted by Gasteiger charge is 2.23. The number of fused-ring (bicyclic) bond motifs is 1. The fourth-order valence-electron chi connectivity index (χ4n) is 4.78. The highest BCUT2D eigenvalue weighted by atomic mass is 35.5. The van der Waals surface area contributed by atoms with E-state index < -0.39 is 23.4 Å². The number of ether oxygens (including phenoxy) is 2. The lowest BCUT2D eigenvalue weighted by Gasteiger charge is -2.27. The molecule has 1 unspecified atom stereocenters. The van der Waals surface area contributed by atoms with E-state index in [0.717, 1.165) is 18.6 Å². The first kappa shape index (κ1) is 27.7. The molecular formula is C31H23ClF3N3O4. The van der Waals surface area contributed by atoms with E-state index in [1.54, 1.807) is 18.2 Å². The van der Waals surface area contributed by atoms with Gasteiger partial charge in [0.2, 0.25) is 5.88 Å². The minimum absolute atomic E-state index is 0.0397. The number of carboxylic acids is 1. The summed E-state index contributed by atoms with van der Waals surface area (Å²) in [5, 5.41) is 9.70. The summed E-state index contributed by atoms with van der Waals surface area (Å²) >= 11 is 5.79. The van der Waals surface area contributed by atoms with E-state index in [4.69, 9.17) is 21.1 Å². The van der Waals surface area contributed by atoms with Crippen molar-refractivity contribution < 1.29 is 32.5 Å². The van der Waals surface area contributed by atoms with E-state index in [-0.39, 0.29) is 52.4 Å². The van der Waals surface area contributed by atoms with Gasteiger partial charge in [0.05, 0.1) is 29.2 Å². The van der Waals surface area contributed by atoms with Gasteiger partial charge in [0.15, 0.2) is 0 Å². The van der Waals surface area contributed by atoms with Crippen LogP contribution in [0, 0.1) is 17.5 Å². The number of nitrogens with zero attached hydrogens (tertiary/aromatic N) is 3. The van der Waals surface area contributed by atoms with Crippen molar-refractivity contribution in [1.82, 2.24) is 14.5 Å². The van der Waals surface area contributed by atoms with E-state index in [0.29, 0.717) is 35.6 Å². The lowest BCUT2D eigenvalue weighted by Crippen LogP contribution is -2.31. The topological polar surface area (TPSA) is 86.5 Å². The average Bonchev–Trinajstić information content (AvgIpc) is 3.28. The van der Waals surface area contributed by atoms with Crippen LogP contribution in [-0.2, 0) is 24.3 Å². The second kappa shape index (κ2) is 11.5. The van der Waals surface area contributed by atoms with E-state index in [9.17, 15) is 18.7 Å². The molecule has 1 N–H and O–H groups in total. The fraction of sp³-hybridized carbons (Fsp3) is 0.194. The molecule has 1 saturated heterocycles. The van der Waals surface area contributed by atoms with Gasteiger partial charge in [0.25, 0.3) is 0 Å². The highest BCUT2D eigenvalue weighted by Crippen LogP contribution is 2.28. The van der Waals surface area contributed by atoms with Crippen molar-refractivity contribution in [3.05, 3.63) is 112 Å². The molecule has 1 fully saturated rings. The molecule has 6 rings (SSSR count). The van der Waals surface area contributed by atoms with Crippen molar-refractivity contribution in [2.75, 3.05) is 6.61 Å². The number of imidazole rings is 1. The number of hydrogen-bond acceptors (Lipinski definition) is 5. The van der Waals surface area contributed by atoms with Gasteiger partial charge in [-0.25, -0.2) is 27.9 Å². The predicted octanol–water partition coefficient (Wildman–Crippen LogP) is 6.83. The zero-order chi connectivity index (χ0) is 29.4. The summed E-state index contributed by atoms with van der Waals surface area (Å²) in [6.45, 7) is 0.948. The van der Waals surface area contributed by atoms with E-state index in [2.05, 4.69) is 9.97 Å². The van der Waals surface area contributed by atoms with Gasteiger partial charge in [-0.15, -0.1) is 0 Å². The van der Waals surface area contributed by atoms with Gasteiger partial charge in [0.1, 0.15) is 35.6 Å². The average molecular weight is 594 g/mol. The SMILES string of the molecule is O=C(O)c1ccc2nc(Cc3ccc(-c4nc(OCc5ccc(Cl)cc5F)ccc4F)cc3F)n(CC3CCO3)c2c1. The molecule has 3 aromatic carbocycles. The molecule has 0 radical (unpaired) electrons. The molecule has 7 nitrogen and oxygen atoms in total. The van der Waals surface area contributed by atoms with Crippen molar-refractivity contribution >= 4 is 28.6 Å². The summed E-state index contributed by atoms with van der Waals surface area (Å²) < 4.78 is 57.3. The van der Waals surface area contributed by atoms with Gasteiger partial charge in [-0.05, 0) is 54.4 Å². The Morgan fingerprint density at radius 2 is 1.76 bits per heavy atom. The van der Waals surface area contributed by atoms with Gasteiger partial charge in [0, 0.05) is 35.2 Å². The Morgan fingerprint density at radius 3 is 2.48 bits per heavy atom. The first-order valence-corrected chi connectivity index (χ1v) is 13.5. The monoisotopic (exact) mass is 593 g/mol. The van der Waals surface area contributed by atoms with Crippen LogP contribution in [0.3, 0.4) is 0 Å². The third-order valence-corrected chi connectivity index (χ3v) is 7.38. The molecule has 2 aromatic heterocycles. The molecule has 5 aromatic rings. The van der Waals surface area contributed by atoms with Crippen LogP contribution >= 0.6 is 11.6 Å². The second-order valence-electron chi connectivity index (χ2n) is 9.92. The molecule has 0 saturated carbocycles. The molecule has 1 aliphatic heterocycles. The molecule has 0 aliphatic carbocycles. The van der Waals surface area contributed by atoms with Crippen molar-refractivity contribution in [2.24, 2.45) is 0 Å². The number of benzene rings is 3. The van der Waals surface area contributed by atoms with Crippen LogP contribution < -0.4 is 4.74 Å². The molecule has 0 bridgehead atoms. The van der Waals surface area contributed by atoms with Crippen LogP contribution in [0.25, 0.3) is 22.3 Å². The summed E-state index contributed by atoms with van der Waals surface area (Å²) in [7, 11) is 0. The third-order valence-electron chi connectivity index (χ3n) is 7.14. The largest absolute Gasteiger partial charge is 0.478 e. The van der Waals surface area contributed by atoms with Crippen LogP contribution in [0.5, 0.6) is 5.88 Å². The Hall–Kier alpha value is -4.41. The maximum absolute atomic E-state index is 15.4. The van der Waals surface area contributed by atoms with Gasteiger partial charge < -0.3 is 19.1 Å². The number of rotatable bonds is 9. The number of hydrogen-bond donors (Lipinski definition) is 1. The molecule has 1 atom stereocenters. The minimum Gasteiger partial charge on any atom is -0.478 e. The Labute approximate surface area is 243 Å². The quantitative estimate of drug-likeness (QED) is 0.202. The number of halogens is 4. The van der Waals surface area contributed by atoms with Gasteiger partial charge in [-0.2, -0.15) is 0 Å². The van der Waals surface area contributed by atoms with Crippen LogP contribution in [0.2, 0.25) is 5.02 Å². The molecule has 3 heterocycles. The summed E-state index contributed by atoms with van der Waals surface area (Å²) in [5.41, 5.74) is 1.97. The van der Waals surface area contributed by atoms with Gasteiger partial charge in [-0.3, -0.25) is 0 Å². The number of carbonyl (C=O) groups is 1. The molecule has 11 heteroatoms. The summed E-state index contributed by atoms with van der Waals surface area (Å²) in [6.07, 6.45) is 0.930. The zero-order valence-corrected chi connectivity index (χ0v) is 22.7. The molecule has 0 amide bonds. The number of aromatic nitrogens is 3. The van der Waals surface area contributed by atoms with Crippen molar-refractivity contribution in [2.45, 2.75) is 32.1 Å². The van der Waals surface area contributed by atoms with Crippen LogP contribution in [0.4, 0.5) is 13.2 Å². The zero-order valence-electron chi connectivity index (χ0n) is 22.0. The lowest BCUT2D eigenvalue weighted by molar-refractivity contribution is -0.0589. The summed E-state index contributed by atoms with van der Waals surface area (Å²) in [5.74, 6) is -2.28. The molecule has 42 heavy (non-hydrogen) atoms. The fourth-order valence-corrected chi connectivity index (χ4v) is 4.94. The minimum atomic E-state index is -1.06. The lowest BCUT2D eigenvalue weighted by atomic mass is 10.0. The Bertz CT molecular complexity index is 1820. The third kappa shape index (κ3) is 5.68. The molecule has 214 valence electrons. The Balaban J connectivity index is 1.26. The standard InChI is InChI=1S/C31H23ClF3N3O4/c32-21-5-3-20(25(35)14-21)16-42-29-8-6-23(33)30(37-29)18-2-1-17(24(34)11-18)13-28-36-26-7-4-19(31(39)40)12-27(26)38(28)15-22-9-10-41-22/h1-8,11-12,14,22H,9-10,13,15-16H2,(H,39,40). The smallest absolute Gasteiger partial charge is 0.335 e. The van der Waals surface area contributed by atoms with Crippen LogP contribution in [0.1, 0.15) is 33.7 Å². The van der Waals surface area contributed by atoms with Crippen molar-refractivity contribution in [1.29, 1.82) is 0 Å². The van der Waals surface area contributed by atoms with Crippen LogP contribution in [0.15, 0.2) is 66.7 Å². The van der Waals surface area contributed by atoms with Gasteiger partial charge in [-0.1, -0.05) is 29.8 Å². The van der Waals surface area contributed by atoms with E-state index >= 15 is 4.39 Å². The Kier molecular flexibility index (Phi) is 7.57. The predicted molar refractivity (Wildman–Crippen MR) is 149 cm³/mol. The maximum atomic E-state index is 15.4.